The molecule has 0 bridgehead atoms. The molecule has 2 heterocycles. The van der Waals surface area contributed by atoms with Gasteiger partial charge in [0.1, 0.15) is 5.69 Å². The molecular formula is C19H24N4O3S. The number of sulfone groups is 1. The Hall–Kier alpha value is -2.48. The molecule has 7 nitrogen and oxygen atoms in total. The lowest BCUT2D eigenvalue weighted by Gasteiger charge is -2.27. The molecule has 3 rings (SSSR count). The Morgan fingerprint density at radius 2 is 2.00 bits per heavy atom. The number of aryl methyl sites for hydroxylation is 2. The van der Waals surface area contributed by atoms with Gasteiger partial charge in [0.05, 0.1) is 11.5 Å². The van der Waals surface area contributed by atoms with Crippen LogP contribution in [0, 0.1) is 13.8 Å². The predicted octanol–water partition coefficient (Wildman–Crippen LogP) is 2.36. The van der Waals surface area contributed by atoms with Crippen LogP contribution in [0.4, 0.5) is 11.6 Å². The molecule has 1 fully saturated rings. The summed E-state index contributed by atoms with van der Waals surface area (Å²) in [7, 11) is -3.02. The molecule has 0 saturated carbocycles. The van der Waals surface area contributed by atoms with Crippen molar-refractivity contribution >= 4 is 27.4 Å². The standard InChI is InChI=1S/C19H24N4O3S/c1-4-23(15-9-10-27(25,26)12-15)19-20-14(3)11-17(22-19)18(24)21-16-8-6-5-7-13(16)2/h5-8,11,15H,4,9-10,12H2,1-3H3,(H,21,24). The molecule has 1 aliphatic rings. The van der Waals surface area contributed by atoms with Gasteiger partial charge < -0.3 is 10.2 Å². The first kappa shape index (κ1) is 19.3. The van der Waals surface area contributed by atoms with Crippen molar-refractivity contribution in [2.24, 2.45) is 0 Å². The minimum Gasteiger partial charge on any atom is -0.337 e. The number of nitrogens with one attached hydrogen (secondary N) is 1. The second-order valence-corrected chi connectivity index (χ2v) is 9.04. The van der Waals surface area contributed by atoms with E-state index in [4.69, 9.17) is 0 Å². The Morgan fingerprint density at radius 1 is 1.26 bits per heavy atom. The number of hydrogen-bond donors (Lipinski definition) is 1. The molecule has 144 valence electrons. The normalized spacial score (nSPS) is 18.3. The fourth-order valence-corrected chi connectivity index (χ4v) is 5.01. The molecule has 0 spiro atoms. The van der Waals surface area contributed by atoms with Crippen LogP contribution in [-0.2, 0) is 9.84 Å². The molecule has 1 aromatic heterocycles. The maximum Gasteiger partial charge on any atom is 0.274 e. The summed E-state index contributed by atoms with van der Waals surface area (Å²) in [5, 5.41) is 2.88. The van der Waals surface area contributed by atoms with Crippen LogP contribution in [0.25, 0.3) is 0 Å². The molecule has 0 radical (unpaired) electrons. The molecule has 8 heteroatoms. The number of carbonyl (C=O) groups excluding carboxylic acids is 1. The van der Waals surface area contributed by atoms with E-state index in [0.29, 0.717) is 24.6 Å². The molecular weight excluding hydrogens is 364 g/mol. The number of aromatic nitrogens is 2. The molecule has 1 aromatic carbocycles. The Balaban J connectivity index is 1.87. The summed E-state index contributed by atoms with van der Waals surface area (Å²) >= 11 is 0. The van der Waals surface area contributed by atoms with Gasteiger partial charge >= 0.3 is 0 Å². The second-order valence-electron chi connectivity index (χ2n) is 6.81. The van der Waals surface area contributed by atoms with E-state index in [1.807, 2.05) is 43.0 Å². The van der Waals surface area contributed by atoms with Crippen molar-refractivity contribution in [3.63, 3.8) is 0 Å². The van der Waals surface area contributed by atoms with Crippen molar-refractivity contribution < 1.29 is 13.2 Å². The van der Waals surface area contributed by atoms with Crippen molar-refractivity contribution in [2.45, 2.75) is 33.2 Å². The number of carbonyl (C=O) groups is 1. The lowest BCUT2D eigenvalue weighted by Crippen LogP contribution is -2.37. The number of anilines is 2. The van der Waals surface area contributed by atoms with E-state index in [0.717, 1.165) is 11.3 Å². The number of amides is 1. The zero-order chi connectivity index (χ0) is 19.6. The van der Waals surface area contributed by atoms with Gasteiger partial charge in [-0.2, -0.15) is 0 Å². The van der Waals surface area contributed by atoms with Gasteiger partial charge in [-0.25, -0.2) is 18.4 Å². The molecule has 2 aromatic rings. The Kier molecular flexibility index (Phi) is 5.46. The zero-order valence-electron chi connectivity index (χ0n) is 15.8. The lowest BCUT2D eigenvalue weighted by atomic mass is 10.2. The first-order chi connectivity index (χ1) is 12.8. The number of nitrogens with zero attached hydrogens (tertiary/aromatic N) is 3. The van der Waals surface area contributed by atoms with E-state index in [2.05, 4.69) is 15.3 Å². The molecule has 1 saturated heterocycles. The maximum atomic E-state index is 12.7. The van der Waals surface area contributed by atoms with Gasteiger partial charge in [0.2, 0.25) is 5.95 Å². The smallest absolute Gasteiger partial charge is 0.274 e. The van der Waals surface area contributed by atoms with E-state index >= 15 is 0 Å². The number of benzene rings is 1. The van der Waals surface area contributed by atoms with E-state index < -0.39 is 9.84 Å². The van der Waals surface area contributed by atoms with Crippen LogP contribution in [0.15, 0.2) is 30.3 Å². The fraction of sp³-hybridized carbons (Fsp3) is 0.421. The van der Waals surface area contributed by atoms with Crippen LogP contribution in [0.2, 0.25) is 0 Å². The van der Waals surface area contributed by atoms with Gasteiger partial charge in [0.15, 0.2) is 9.84 Å². The van der Waals surface area contributed by atoms with E-state index in [9.17, 15) is 13.2 Å². The maximum absolute atomic E-state index is 12.7. The van der Waals surface area contributed by atoms with Crippen molar-refractivity contribution in [3.05, 3.63) is 47.3 Å². The van der Waals surface area contributed by atoms with Gasteiger partial charge in [-0.3, -0.25) is 4.79 Å². The van der Waals surface area contributed by atoms with Gasteiger partial charge in [-0.1, -0.05) is 18.2 Å². The second kappa shape index (κ2) is 7.64. The van der Waals surface area contributed by atoms with Crippen LogP contribution in [0.1, 0.15) is 35.1 Å². The molecule has 1 amide bonds. The van der Waals surface area contributed by atoms with E-state index in [-0.39, 0.29) is 29.1 Å². The zero-order valence-corrected chi connectivity index (χ0v) is 16.6. The third-order valence-electron chi connectivity index (χ3n) is 4.72. The summed E-state index contributed by atoms with van der Waals surface area (Å²) < 4.78 is 23.7. The highest BCUT2D eigenvalue weighted by Crippen LogP contribution is 2.22. The van der Waals surface area contributed by atoms with Crippen molar-refractivity contribution in [3.8, 4) is 0 Å². The summed E-state index contributed by atoms with van der Waals surface area (Å²) in [6.07, 6.45) is 0.554. The van der Waals surface area contributed by atoms with Crippen molar-refractivity contribution in [1.29, 1.82) is 0 Å². The van der Waals surface area contributed by atoms with E-state index in [1.165, 1.54) is 0 Å². The van der Waals surface area contributed by atoms with Crippen LogP contribution in [0.5, 0.6) is 0 Å². The first-order valence-electron chi connectivity index (χ1n) is 8.99. The Labute approximate surface area is 159 Å². The summed E-state index contributed by atoms with van der Waals surface area (Å²) in [5.74, 6) is 0.365. The monoisotopic (exact) mass is 388 g/mol. The van der Waals surface area contributed by atoms with Crippen molar-refractivity contribution in [2.75, 3.05) is 28.3 Å². The summed E-state index contributed by atoms with van der Waals surface area (Å²) in [6.45, 7) is 6.23. The van der Waals surface area contributed by atoms with Crippen LogP contribution in [-0.4, -0.2) is 48.4 Å². The van der Waals surface area contributed by atoms with Crippen LogP contribution < -0.4 is 10.2 Å². The quantitative estimate of drug-likeness (QED) is 0.845. The molecule has 0 aliphatic carbocycles. The SMILES string of the molecule is CCN(c1nc(C)cc(C(=O)Nc2ccccc2C)n1)C1CCS(=O)(=O)C1. The topological polar surface area (TPSA) is 92.3 Å². The molecule has 27 heavy (non-hydrogen) atoms. The third-order valence-corrected chi connectivity index (χ3v) is 6.47. The molecule has 1 N–H and O–H groups in total. The highest BCUT2D eigenvalue weighted by molar-refractivity contribution is 7.91. The highest BCUT2D eigenvalue weighted by Gasteiger charge is 2.33. The van der Waals surface area contributed by atoms with Gasteiger partial charge in [0, 0.05) is 24.0 Å². The van der Waals surface area contributed by atoms with E-state index in [1.54, 1.807) is 13.0 Å². The number of hydrogen-bond acceptors (Lipinski definition) is 6. The van der Waals surface area contributed by atoms with Gasteiger partial charge in [0.25, 0.3) is 5.91 Å². The molecule has 1 aliphatic heterocycles. The summed E-state index contributed by atoms with van der Waals surface area (Å²) in [5.41, 5.74) is 2.62. The van der Waals surface area contributed by atoms with Crippen molar-refractivity contribution in [1.82, 2.24) is 9.97 Å². The average Bonchev–Trinajstić information content (AvgIpc) is 2.96. The minimum absolute atomic E-state index is 0.100. The largest absolute Gasteiger partial charge is 0.337 e. The van der Waals surface area contributed by atoms with Gasteiger partial charge in [-0.15, -0.1) is 0 Å². The lowest BCUT2D eigenvalue weighted by molar-refractivity contribution is 0.102. The predicted molar refractivity (Wildman–Crippen MR) is 106 cm³/mol. The molecule has 1 atom stereocenters. The number of rotatable bonds is 5. The van der Waals surface area contributed by atoms with Crippen LogP contribution >= 0.6 is 0 Å². The fourth-order valence-electron chi connectivity index (χ4n) is 3.28. The minimum atomic E-state index is -3.02. The Bertz CT molecular complexity index is 959. The van der Waals surface area contributed by atoms with Crippen LogP contribution in [0.3, 0.4) is 0 Å². The Morgan fingerprint density at radius 3 is 2.63 bits per heavy atom. The summed E-state index contributed by atoms with van der Waals surface area (Å²) in [4.78, 5) is 23.4. The third kappa shape index (κ3) is 4.44. The molecule has 1 unspecified atom stereocenters. The first-order valence-corrected chi connectivity index (χ1v) is 10.8. The highest BCUT2D eigenvalue weighted by atomic mass is 32.2. The van der Waals surface area contributed by atoms with Gasteiger partial charge in [-0.05, 0) is 44.9 Å². The average molecular weight is 388 g/mol. The number of para-hydroxylation sites is 1. The summed E-state index contributed by atoms with van der Waals surface area (Å²) in [6, 6.07) is 9.01.